The van der Waals surface area contributed by atoms with Crippen molar-refractivity contribution in [2.24, 2.45) is 0 Å². The van der Waals surface area contributed by atoms with E-state index in [4.69, 9.17) is 23.2 Å². The zero-order chi connectivity index (χ0) is 15.5. The fourth-order valence-electron chi connectivity index (χ4n) is 2.34. The average Bonchev–Trinajstić information content (AvgIpc) is 2.50. The summed E-state index contributed by atoms with van der Waals surface area (Å²) in [7, 11) is 0. The minimum atomic E-state index is -0.0535. The van der Waals surface area contributed by atoms with Crippen molar-refractivity contribution in [1.82, 2.24) is 0 Å². The van der Waals surface area contributed by atoms with Crippen molar-refractivity contribution >= 4 is 55.1 Å². The second-order valence-electron chi connectivity index (χ2n) is 5.30. The van der Waals surface area contributed by atoms with Gasteiger partial charge >= 0.3 is 0 Å². The van der Waals surface area contributed by atoms with Crippen molar-refractivity contribution in [1.29, 1.82) is 0 Å². The number of alkyl halides is 2. The molecule has 0 N–H and O–H groups in total. The fraction of sp³-hybridized carbons (Fsp3) is 0.294. The maximum Gasteiger partial charge on any atom is 0.0624 e. The number of rotatable bonds is 5. The molecule has 0 aliphatic carbocycles. The Morgan fingerprint density at radius 3 is 2.14 bits per heavy atom. The molecule has 0 atom stereocenters. The summed E-state index contributed by atoms with van der Waals surface area (Å²) >= 11 is 19.9. The highest BCUT2D eigenvalue weighted by atomic mass is 79.9. The summed E-state index contributed by atoms with van der Waals surface area (Å²) in [6, 6.07) is 14.5. The van der Waals surface area contributed by atoms with Gasteiger partial charge < -0.3 is 0 Å². The van der Waals surface area contributed by atoms with Gasteiger partial charge in [-0.25, -0.2) is 0 Å². The van der Waals surface area contributed by atoms with Gasteiger partial charge in [0.2, 0.25) is 0 Å². The first-order chi connectivity index (χ1) is 10.0. The number of hydrogen-bond acceptors (Lipinski definition) is 0. The van der Waals surface area contributed by atoms with E-state index in [1.165, 1.54) is 11.1 Å². The molecule has 0 saturated carbocycles. The van der Waals surface area contributed by atoms with Gasteiger partial charge in [0.25, 0.3) is 0 Å². The third-order valence-electron chi connectivity index (χ3n) is 3.74. The van der Waals surface area contributed by atoms with Gasteiger partial charge in [-0.2, -0.15) is 0 Å². The average molecular weight is 451 g/mol. The lowest BCUT2D eigenvalue weighted by Crippen LogP contribution is -2.33. The van der Waals surface area contributed by atoms with E-state index in [0.29, 0.717) is 10.0 Å². The van der Waals surface area contributed by atoms with Crippen LogP contribution < -0.4 is 0 Å². The van der Waals surface area contributed by atoms with Crippen molar-refractivity contribution in [2.75, 3.05) is 10.7 Å². The highest BCUT2D eigenvalue weighted by molar-refractivity contribution is 9.09. The molecule has 0 unspecified atom stereocenters. The maximum absolute atomic E-state index is 6.36. The maximum atomic E-state index is 6.36. The molecule has 0 heterocycles. The van der Waals surface area contributed by atoms with Crippen LogP contribution in [-0.2, 0) is 11.8 Å². The van der Waals surface area contributed by atoms with Gasteiger partial charge in [-0.3, -0.25) is 0 Å². The van der Waals surface area contributed by atoms with Gasteiger partial charge in [-0.15, -0.1) is 0 Å². The van der Waals surface area contributed by atoms with Crippen LogP contribution in [0.15, 0.2) is 42.5 Å². The monoisotopic (exact) mass is 448 g/mol. The van der Waals surface area contributed by atoms with Gasteiger partial charge in [0.05, 0.1) is 10.0 Å². The van der Waals surface area contributed by atoms with Crippen molar-refractivity contribution in [3.05, 3.63) is 69.2 Å². The number of aryl methyl sites for hydroxylation is 1. The van der Waals surface area contributed by atoms with Gasteiger partial charge in [-0.05, 0) is 30.5 Å². The van der Waals surface area contributed by atoms with E-state index >= 15 is 0 Å². The van der Waals surface area contributed by atoms with Gasteiger partial charge in [0.1, 0.15) is 0 Å². The topological polar surface area (TPSA) is 0 Å². The quantitative estimate of drug-likeness (QED) is 0.452. The molecular formula is C17H16Br2Cl2. The fourth-order valence-corrected chi connectivity index (χ4v) is 4.70. The number of benzene rings is 2. The largest absolute Gasteiger partial charge is 0.0918 e. The molecule has 0 aliphatic heterocycles. The van der Waals surface area contributed by atoms with Crippen molar-refractivity contribution in [3.8, 4) is 0 Å². The minimum absolute atomic E-state index is 0.0535. The Balaban J connectivity index is 2.43. The zero-order valence-electron chi connectivity index (χ0n) is 11.7. The van der Waals surface area contributed by atoms with E-state index in [2.05, 4.69) is 63.0 Å². The second-order valence-corrected chi connectivity index (χ2v) is 7.21. The lowest BCUT2D eigenvalue weighted by Gasteiger charge is -2.31. The SMILES string of the molecule is Cc1ccc(C(CBr)(CBr)Cc2cccc(Cl)c2Cl)cc1. The summed E-state index contributed by atoms with van der Waals surface area (Å²) in [5, 5.41) is 2.95. The standard InChI is InChI=1S/C17H16Br2Cl2/c1-12-5-7-14(8-6-12)17(10-18,11-19)9-13-3-2-4-15(20)16(13)21/h2-8H,9-11H2,1H3. The lowest BCUT2D eigenvalue weighted by atomic mass is 9.79. The summed E-state index contributed by atoms with van der Waals surface area (Å²) in [5.41, 5.74) is 3.57. The Bertz CT molecular complexity index is 605. The Hall–Kier alpha value is -0.0200. The molecule has 0 spiro atoms. The molecule has 0 saturated heterocycles. The predicted octanol–water partition coefficient (Wildman–Crippen LogP) is 6.57. The lowest BCUT2D eigenvalue weighted by molar-refractivity contribution is 0.551. The molecule has 0 bridgehead atoms. The van der Waals surface area contributed by atoms with E-state index in [0.717, 1.165) is 22.6 Å². The first-order valence-electron chi connectivity index (χ1n) is 6.64. The van der Waals surface area contributed by atoms with Crippen molar-refractivity contribution in [2.45, 2.75) is 18.8 Å². The van der Waals surface area contributed by atoms with Crippen molar-refractivity contribution < 1.29 is 0 Å². The summed E-state index contributed by atoms with van der Waals surface area (Å²) in [6.07, 6.45) is 0.825. The van der Waals surface area contributed by atoms with Gasteiger partial charge in [0.15, 0.2) is 0 Å². The van der Waals surface area contributed by atoms with Crippen LogP contribution in [-0.4, -0.2) is 10.7 Å². The molecule has 2 rings (SSSR count). The molecule has 4 heteroatoms. The Morgan fingerprint density at radius 1 is 0.952 bits per heavy atom. The molecule has 21 heavy (non-hydrogen) atoms. The van der Waals surface area contributed by atoms with Crippen LogP contribution in [0.3, 0.4) is 0 Å². The summed E-state index contributed by atoms with van der Waals surface area (Å²) in [4.78, 5) is 0. The van der Waals surface area contributed by atoms with E-state index in [-0.39, 0.29) is 5.41 Å². The smallest absolute Gasteiger partial charge is 0.0624 e. The molecule has 2 aromatic carbocycles. The zero-order valence-corrected chi connectivity index (χ0v) is 16.4. The Morgan fingerprint density at radius 2 is 1.57 bits per heavy atom. The summed E-state index contributed by atoms with van der Waals surface area (Å²) in [6.45, 7) is 2.10. The highest BCUT2D eigenvalue weighted by Crippen LogP contribution is 2.36. The summed E-state index contributed by atoms with van der Waals surface area (Å²) in [5.74, 6) is 0. The molecule has 112 valence electrons. The van der Waals surface area contributed by atoms with Crippen LogP contribution in [0.2, 0.25) is 10.0 Å². The second kappa shape index (κ2) is 7.50. The van der Waals surface area contributed by atoms with E-state index in [1.54, 1.807) is 0 Å². The molecule has 2 aromatic rings. The molecular weight excluding hydrogens is 435 g/mol. The van der Waals surface area contributed by atoms with Crippen LogP contribution in [0.5, 0.6) is 0 Å². The first-order valence-corrected chi connectivity index (χ1v) is 9.64. The van der Waals surface area contributed by atoms with Gasteiger partial charge in [-0.1, -0.05) is 97.0 Å². The Kier molecular flexibility index (Phi) is 6.19. The highest BCUT2D eigenvalue weighted by Gasteiger charge is 2.31. The molecule has 0 aliphatic rings. The van der Waals surface area contributed by atoms with Gasteiger partial charge in [0, 0.05) is 16.1 Å². The molecule has 0 aromatic heterocycles. The molecule has 0 fully saturated rings. The van der Waals surface area contributed by atoms with E-state index in [1.807, 2.05) is 18.2 Å². The van der Waals surface area contributed by atoms with Crippen LogP contribution in [0.4, 0.5) is 0 Å². The van der Waals surface area contributed by atoms with E-state index < -0.39 is 0 Å². The van der Waals surface area contributed by atoms with E-state index in [9.17, 15) is 0 Å². The van der Waals surface area contributed by atoms with Crippen LogP contribution in [0.25, 0.3) is 0 Å². The first kappa shape index (κ1) is 17.3. The van der Waals surface area contributed by atoms with Crippen LogP contribution in [0, 0.1) is 6.92 Å². The Labute approximate surface area is 153 Å². The third kappa shape index (κ3) is 3.85. The molecule has 0 radical (unpaired) electrons. The van der Waals surface area contributed by atoms with Crippen molar-refractivity contribution in [3.63, 3.8) is 0 Å². The number of halogens is 4. The molecule has 0 amide bonds. The van der Waals surface area contributed by atoms with Crippen LogP contribution in [0.1, 0.15) is 16.7 Å². The number of hydrogen-bond donors (Lipinski definition) is 0. The normalized spacial score (nSPS) is 11.7. The van der Waals surface area contributed by atoms with Crippen LogP contribution >= 0.6 is 55.1 Å². The predicted molar refractivity (Wildman–Crippen MR) is 101 cm³/mol. The minimum Gasteiger partial charge on any atom is -0.0918 e. The summed E-state index contributed by atoms with van der Waals surface area (Å²) < 4.78 is 0. The third-order valence-corrected chi connectivity index (χ3v) is 6.74. The molecule has 0 nitrogen and oxygen atoms in total.